The third kappa shape index (κ3) is 15.5. The normalized spacial score (nSPS) is 11.2. The van der Waals surface area contributed by atoms with Crippen molar-refractivity contribution < 1.29 is 0 Å². The Kier molecular flexibility index (Phi) is 16.0. The fourth-order valence-corrected chi connectivity index (χ4v) is 2.18. The second-order valence-electron chi connectivity index (χ2n) is 5.31. The van der Waals surface area contributed by atoms with Crippen molar-refractivity contribution in [1.82, 2.24) is 0 Å². The Morgan fingerprint density at radius 2 is 1.06 bits per heavy atom. The van der Waals surface area contributed by atoms with Crippen LogP contribution < -0.4 is 0 Å². The van der Waals surface area contributed by atoms with Gasteiger partial charge in [0.05, 0.1) is 0 Å². The third-order valence-corrected chi connectivity index (χ3v) is 3.42. The van der Waals surface area contributed by atoms with Gasteiger partial charge in [-0.2, -0.15) is 0 Å². The molecule has 0 spiro atoms. The van der Waals surface area contributed by atoms with Crippen LogP contribution in [0.15, 0.2) is 24.8 Å². The summed E-state index contributed by atoms with van der Waals surface area (Å²) in [7, 11) is 0. The lowest BCUT2D eigenvalue weighted by molar-refractivity contribution is 0.610. The molecule has 0 aromatic heterocycles. The highest BCUT2D eigenvalue weighted by Gasteiger charge is 1.89. The first-order chi connectivity index (χ1) is 8.91. The van der Waals surface area contributed by atoms with Crippen molar-refractivity contribution in [3.05, 3.63) is 24.8 Å². The molecule has 0 heteroatoms. The minimum absolute atomic E-state index is 1.19. The van der Waals surface area contributed by atoms with Gasteiger partial charge < -0.3 is 0 Å². The van der Waals surface area contributed by atoms with Crippen LogP contribution in [0.3, 0.4) is 0 Å². The lowest BCUT2D eigenvalue weighted by Crippen LogP contribution is -1.78. The van der Waals surface area contributed by atoms with E-state index in [9.17, 15) is 0 Å². The molecule has 18 heavy (non-hydrogen) atoms. The fraction of sp³-hybridized carbons (Fsp3) is 0.778. The van der Waals surface area contributed by atoms with E-state index in [1.165, 1.54) is 83.5 Å². The van der Waals surface area contributed by atoms with Crippen molar-refractivity contribution in [2.75, 3.05) is 0 Å². The predicted molar refractivity (Wildman–Crippen MR) is 85.0 cm³/mol. The average Bonchev–Trinajstić information content (AvgIpc) is 2.39. The quantitative estimate of drug-likeness (QED) is 0.234. The van der Waals surface area contributed by atoms with E-state index in [0.29, 0.717) is 0 Å². The molecule has 0 nitrogen and oxygen atoms in total. The number of unbranched alkanes of at least 4 members (excludes halogenated alkanes) is 11. The van der Waals surface area contributed by atoms with Crippen LogP contribution in [0.2, 0.25) is 0 Å². The average molecular weight is 250 g/mol. The second kappa shape index (κ2) is 16.5. The minimum atomic E-state index is 1.19. The van der Waals surface area contributed by atoms with E-state index in [2.05, 4.69) is 25.7 Å². The number of rotatable bonds is 14. The zero-order chi connectivity index (χ0) is 13.3. The Balaban J connectivity index is 3.02. The van der Waals surface area contributed by atoms with E-state index in [1.807, 2.05) is 6.08 Å². The van der Waals surface area contributed by atoms with Gasteiger partial charge in [0.25, 0.3) is 0 Å². The molecule has 0 aliphatic carbocycles. The van der Waals surface area contributed by atoms with Gasteiger partial charge in [0, 0.05) is 0 Å². The largest absolute Gasteiger partial charge is 0.103 e. The Morgan fingerprint density at radius 3 is 1.56 bits per heavy atom. The lowest BCUT2D eigenvalue weighted by Gasteiger charge is -1.98. The van der Waals surface area contributed by atoms with E-state index in [-0.39, 0.29) is 0 Å². The van der Waals surface area contributed by atoms with Gasteiger partial charge in [-0.1, -0.05) is 70.1 Å². The molecule has 0 saturated heterocycles. The van der Waals surface area contributed by atoms with Gasteiger partial charge in [0.15, 0.2) is 0 Å². The maximum absolute atomic E-state index is 3.75. The van der Waals surface area contributed by atoms with Crippen LogP contribution in [-0.4, -0.2) is 0 Å². The van der Waals surface area contributed by atoms with Gasteiger partial charge in [-0.15, -0.1) is 6.58 Å². The minimum Gasteiger partial charge on any atom is -0.103 e. The lowest BCUT2D eigenvalue weighted by atomic mass is 10.1. The van der Waals surface area contributed by atoms with Crippen molar-refractivity contribution in [3.63, 3.8) is 0 Å². The second-order valence-corrected chi connectivity index (χ2v) is 5.31. The van der Waals surface area contributed by atoms with E-state index >= 15 is 0 Å². The molecule has 0 fully saturated rings. The summed E-state index contributed by atoms with van der Waals surface area (Å²) >= 11 is 0. The summed E-state index contributed by atoms with van der Waals surface area (Å²) in [5.74, 6) is 0. The Bertz CT molecular complexity index is 178. The summed E-state index contributed by atoms with van der Waals surface area (Å²) < 4.78 is 0. The number of allylic oxidation sites excluding steroid dienone is 3. The highest BCUT2D eigenvalue weighted by atomic mass is 14.0. The van der Waals surface area contributed by atoms with Crippen LogP contribution in [0.25, 0.3) is 0 Å². The van der Waals surface area contributed by atoms with Crippen molar-refractivity contribution in [3.8, 4) is 0 Å². The molecule has 0 atom stereocenters. The Hall–Kier alpha value is -0.520. The summed E-state index contributed by atoms with van der Waals surface area (Å²) in [5.41, 5.74) is 0. The smallest absolute Gasteiger partial charge is 0.0351 e. The molecule has 0 aromatic carbocycles. The maximum Gasteiger partial charge on any atom is -0.0351 e. The van der Waals surface area contributed by atoms with E-state index < -0.39 is 0 Å². The molecule has 0 heterocycles. The molecule has 0 bridgehead atoms. The molecule has 0 aliphatic heterocycles. The van der Waals surface area contributed by atoms with Gasteiger partial charge in [-0.3, -0.25) is 0 Å². The van der Waals surface area contributed by atoms with E-state index in [4.69, 9.17) is 0 Å². The predicted octanol–water partition coefficient (Wildman–Crippen LogP) is 6.82. The first-order valence-electron chi connectivity index (χ1n) is 8.17. The van der Waals surface area contributed by atoms with Gasteiger partial charge in [0.2, 0.25) is 0 Å². The number of hydrogen-bond donors (Lipinski definition) is 0. The van der Waals surface area contributed by atoms with Crippen molar-refractivity contribution in [1.29, 1.82) is 0 Å². The molecule has 106 valence electrons. The third-order valence-electron chi connectivity index (χ3n) is 3.42. The van der Waals surface area contributed by atoms with E-state index in [1.54, 1.807) is 0 Å². The Labute approximate surface area is 116 Å². The van der Waals surface area contributed by atoms with Gasteiger partial charge >= 0.3 is 0 Å². The standard InChI is InChI=1S/C18H34/c1-3-5-7-9-11-13-15-17-18-16-14-12-10-8-6-4-2/h3,17-18H,1,4-16H2,2H3/b18-17-. The summed E-state index contributed by atoms with van der Waals surface area (Å²) in [5, 5.41) is 0. The Morgan fingerprint density at radius 1 is 0.611 bits per heavy atom. The molecule has 0 aromatic rings. The topological polar surface area (TPSA) is 0 Å². The van der Waals surface area contributed by atoms with Crippen LogP contribution in [0, 0.1) is 0 Å². The highest BCUT2D eigenvalue weighted by molar-refractivity contribution is 4.81. The summed E-state index contributed by atoms with van der Waals surface area (Å²) in [4.78, 5) is 0. The van der Waals surface area contributed by atoms with Crippen LogP contribution in [0.1, 0.15) is 90.4 Å². The zero-order valence-corrected chi connectivity index (χ0v) is 12.6. The van der Waals surface area contributed by atoms with Gasteiger partial charge in [0.1, 0.15) is 0 Å². The van der Waals surface area contributed by atoms with Gasteiger partial charge in [-0.05, 0) is 38.5 Å². The first kappa shape index (κ1) is 17.5. The van der Waals surface area contributed by atoms with E-state index in [0.717, 1.165) is 0 Å². The van der Waals surface area contributed by atoms with Crippen LogP contribution >= 0.6 is 0 Å². The molecule has 0 unspecified atom stereocenters. The monoisotopic (exact) mass is 250 g/mol. The summed E-state index contributed by atoms with van der Waals surface area (Å²) in [6.07, 6.45) is 24.5. The van der Waals surface area contributed by atoms with Crippen LogP contribution in [-0.2, 0) is 0 Å². The molecular weight excluding hydrogens is 216 g/mol. The maximum atomic E-state index is 3.75. The molecule has 0 amide bonds. The molecule has 0 radical (unpaired) electrons. The van der Waals surface area contributed by atoms with Crippen molar-refractivity contribution in [2.45, 2.75) is 90.4 Å². The van der Waals surface area contributed by atoms with Crippen LogP contribution in [0.5, 0.6) is 0 Å². The number of hydrogen-bond acceptors (Lipinski definition) is 0. The molecule has 0 rings (SSSR count). The van der Waals surface area contributed by atoms with Crippen LogP contribution in [0.4, 0.5) is 0 Å². The zero-order valence-electron chi connectivity index (χ0n) is 12.6. The highest BCUT2D eigenvalue weighted by Crippen LogP contribution is 2.09. The molecule has 0 N–H and O–H groups in total. The first-order valence-corrected chi connectivity index (χ1v) is 8.17. The molecule has 0 aliphatic rings. The van der Waals surface area contributed by atoms with Gasteiger partial charge in [-0.25, -0.2) is 0 Å². The molecular formula is C18H34. The fourth-order valence-electron chi connectivity index (χ4n) is 2.18. The summed E-state index contributed by atoms with van der Waals surface area (Å²) in [6, 6.07) is 0. The summed E-state index contributed by atoms with van der Waals surface area (Å²) in [6.45, 7) is 6.03. The van der Waals surface area contributed by atoms with Crippen molar-refractivity contribution in [2.24, 2.45) is 0 Å². The van der Waals surface area contributed by atoms with Crippen molar-refractivity contribution >= 4 is 0 Å². The molecule has 0 saturated carbocycles. The SMILES string of the molecule is C=CCCCCCC/C=C\CCCCCCCC.